The molecule has 0 saturated heterocycles. The molecule has 0 aliphatic heterocycles. The van der Waals surface area contributed by atoms with Crippen LogP contribution in [0, 0.1) is 0 Å². The molecule has 2 N–H and O–H groups in total. The number of carbonyl (C=O) groups excluding carboxylic acids is 1. The second kappa shape index (κ2) is 9.16. The highest BCUT2D eigenvalue weighted by molar-refractivity contribution is 5.95. The van der Waals surface area contributed by atoms with Crippen LogP contribution in [0.3, 0.4) is 0 Å². The van der Waals surface area contributed by atoms with Gasteiger partial charge in [-0.15, -0.1) is 0 Å². The molecule has 0 heterocycles. The first kappa shape index (κ1) is 20.4. The number of hydrogen-bond donors (Lipinski definition) is 2. The molecule has 0 fully saturated rings. The minimum Gasteiger partial charge on any atom is -0.494 e. The molecule has 5 nitrogen and oxygen atoms in total. The van der Waals surface area contributed by atoms with Crippen LogP contribution in [0.4, 0.5) is 24.5 Å². The summed E-state index contributed by atoms with van der Waals surface area (Å²) in [7, 11) is 0. The molecule has 2 aromatic carbocycles. The van der Waals surface area contributed by atoms with Gasteiger partial charge >= 0.3 is 6.18 Å². The van der Waals surface area contributed by atoms with Gasteiger partial charge in [-0.1, -0.05) is 6.07 Å². The predicted octanol–water partition coefficient (Wildman–Crippen LogP) is 4.55. The van der Waals surface area contributed by atoms with Crippen molar-refractivity contribution in [2.45, 2.75) is 20.0 Å². The molecule has 0 atom stereocenters. The summed E-state index contributed by atoms with van der Waals surface area (Å²) in [5.41, 5.74) is -0.150. The van der Waals surface area contributed by atoms with Gasteiger partial charge in [0.25, 0.3) is 0 Å². The standard InChI is InChI=1S/C19H21F3N2O3/c1-3-26-15-8-9-17(27-4-2)16(11-15)24-18(25)12-23-14-7-5-6-13(10-14)19(20,21)22/h5-11,23H,3-4,12H2,1-2H3,(H,24,25). The van der Waals surface area contributed by atoms with E-state index in [9.17, 15) is 18.0 Å². The smallest absolute Gasteiger partial charge is 0.416 e. The highest BCUT2D eigenvalue weighted by Crippen LogP contribution is 2.31. The number of anilines is 2. The average Bonchev–Trinajstić information content (AvgIpc) is 2.62. The second-order valence-corrected chi connectivity index (χ2v) is 5.50. The predicted molar refractivity (Wildman–Crippen MR) is 97.3 cm³/mol. The fraction of sp³-hybridized carbons (Fsp3) is 0.316. The monoisotopic (exact) mass is 382 g/mol. The Morgan fingerprint density at radius 2 is 1.78 bits per heavy atom. The van der Waals surface area contributed by atoms with Crippen molar-refractivity contribution in [3.63, 3.8) is 0 Å². The molecular weight excluding hydrogens is 361 g/mol. The number of hydrogen-bond acceptors (Lipinski definition) is 4. The number of benzene rings is 2. The molecule has 27 heavy (non-hydrogen) atoms. The summed E-state index contributed by atoms with van der Waals surface area (Å²) in [5, 5.41) is 5.36. The molecule has 0 spiro atoms. The number of carbonyl (C=O) groups is 1. The normalized spacial score (nSPS) is 11.0. The number of rotatable bonds is 8. The number of amides is 1. The Morgan fingerprint density at radius 3 is 2.44 bits per heavy atom. The van der Waals surface area contributed by atoms with E-state index in [-0.39, 0.29) is 12.2 Å². The molecule has 0 aliphatic carbocycles. The lowest BCUT2D eigenvalue weighted by Crippen LogP contribution is -2.22. The number of ether oxygens (including phenoxy) is 2. The lowest BCUT2D eigenvalue weighted by molar-refractivity contribution is -0.137. The van der Waals surface area contributed by atoms with Crippen LogP contribution in [-0.2, 0) is 11.0 Å². The van der Waals surface area contributed by atoms with Crippen LogP contribution in [0.25, 0.3) is 0 Å². The van der Waals surface area contributed by atoms with Crippen molar-refractivity contribution < 1.29 is 27.4 Å². The van der Waals surface area contributed by atoms with E-state index in [4.69, 9.17) is 9.47 Å². The third-order valence-electron chi connectivity index (χ3n) is 3.48. The van der Waals surface area contributed by atoms with E-state index < -0.39 is 17.6 Å². The Kier molecular flexibility index (Phi) is 6.92. The fourth-order valence-corrected chi connectivity index (χ4v) is 2.33. The maximum atomic E-state index is 12.7. The first-order chi connectivity index (χ1) is 12.8. The Bertz CT molecular complexity index is 779. The number of nitrogens with one attached hydrogen (secondary N) is 2. The van der Waals surface area contributed by atoms with Crippen molar-refractivity contribution in [1.29, 1.82) is 0 Å². The molecule has 2 rings (SSSR count). The highest BCUT2D eigenvalue weighted by Gasteiger charge is 2.30. The van der Waals surface area contributed by atoms with Gasteiger partial charge in [0.05, 0.1) is 31.0 Å². The molecule has 8 heteroatoms. The fourth-order valence-electron chi connectivity index (χ4n) is 2.33. The van der Waals surface area contributed by atoms with Gasteiger partial charge < -0.3 is 20.1 Å². The summed E-state index contributed by atoms with van der Waals surface area (Å²) >= 11 is 0. The van der Waals surface area contributed by atoms with Crippen molar-refractivity contribution in [2.75, 3.05) is 30.4 Å². The van der Waals surface area contributed by atoms with Crippen LogP contribution >= 0.6 is 0 Å². The van der Waals surface area contributed by atoms with E-state index in [2.05, 4.69) is 10.6 Å². The van der Waals surface area contributed by atoms with E-state index in [0.717, 1.165) is 12.1 Å². The number of alkyl halides is 3. The molecule has 0 radical (unpaired) electrons. The van der Waals surface area contributed by atoms with Gasteiger partial charge in [0, 0.05) is 11.8 Å². The molecule has 0 bridgehead atoms. The van der Waals surface area contributed by atoms with E-state index in [1.54, 1.807) is 18.2 Å². The molecule has 0 aliphatic rings. The SMILES string of the molecule is CCOc1ccc(OCC)c(NC(=O)CNc2cccc(C(F)(F)F)c2)c1. The van der Waals surface area contributed by atoms with Gasteiger partial charge in [-0.2, -0.15) is 13.2 Å². The van der Waals surface area contributed by atoms with Crippen LogP contribution < -0.4 is 20.1 Å². The summed E-state index contributed by atoms with van der Waals surface area (Å²) in [6, 6.07) is 9.71. The van der Waals surface area contributed by atoms with Crippen LogP contribution in [0.5, 0.6) is 11.5 Å². The first-order valence-corrected chi connectivity index (χ1v) is 8.44. The molecule has 0 unspecified atom stereocenters. The maximum absolute atomic E-state index is 12.7. The lowest BCUT2D eigenvalue weighted by Gasteiger charge is -2.14. The zero-order chi connectivity index (χ0) is 19.9. The molecule has 1 amide bonds. The van der Waals surface area contributed by atoms with E-state index in [1.165, 1.54) is 12.1 Å². The summed E-state index contributed by atoms with van der Waals surface area (Å²) in [6.45, 7) is 4.34. The summed E-state index contributed by atoms with van der Waals surface area (Å²) < 4.78 is 49.1. The Hall–Kier alpha value is -2.90. The minimum absolute atomic E-state index is 0.202. The summed E-state index contributed by atoms with van der Waals surface area (Å²) in [5.74, 6) is 0.623. The van der Waals surface area contributed by atoms with Crippen molar-refractivity contribution in [1.82, 2.24) is 0 Å². The van der Waals surface area contributed by atoms with Gasteiger partial charge in [-0.3, -0.25) is 4.79 Å². The van der Waals surface area contributed by atoms with Gasteiger partial charge in [0.2, 0.25) is 5.91 Å². The third kappa shape index (κ3) is 6.09. The second-order valence-electron chi connectivity index (χ2n) is 5.50. The van der Waals surface area contributed by atoms with E-state index in [1.807, 2.05) is 13.8 Å². The molecule has 0 saturated carbocycles. The summed E-state index contributed by atoms with van der Waals surface area (Å²) in [6.07, 6.45) is -4.44. The van der Waals surface area contributed by atoms with Crippen LogP contribution in [0.15, 0.2) is 42.5 Å². The average molecular weight is 382 g/mol. The van der Waals surface area contributed by atoms with E-state index in [0.29, 0.717) is 30.4 Å². The van der Waals surface area contributed by atoms with Gasteiger partial charge in [0.15, 0.2) is 0 Å². The highest BCUT2D eigenvalue weighted by atomic mass is 19.4. The van der Waals surface area contributed by atoms with Crippen LogP contribution in [0.2, 0.25) is 0 Å². The molecule has 2 aromatic rings. The first-order valence-electron chi connectivity index (χ1n) is 8.44. The molecule has 0 aromatic heterocycles. The van der Waals surface area contributed by atoms with Crippen molar-refractivity contribution in [3.05, 3.63) is 48.0 Å². The van der Waals surface area contributed by atoms with Gasteiger partial charge in [-0.25, -0.2) is 0 Å². The Morgan fingerprint density at radius 1 is 1.04 bits per heavy atom. The Balaban J connectivity index is 2.04. The van der Waals surface area contributed by atoms with Crippen molar-refractivity contribution in [3.8, 4) is 11.5 Å². The van der Waals surface area contributed by atoms with Gasteiger partial charge in [0.1, 0.15) is 11.5 Å². The molecule has 146 valence electrons. The quantitative estimate of drug-likeness (QED) is 0.703. The topological polar surface area (TPSA) is 59.6 Å². The van der Waals surface area contributed by atoms with Crippen molar-refractivity contribution >= 4 is 17.3 Å². The van der Waals surface area contributed by atoms with Crippen LogP contribution in [0.1, 0.15) is 19.4 Å². The third-order valence-corrected chi connectivity index (χ3v) is 3.48. The van der Waals surface area contributed by atoms with E-state index >= 15 is 0 Å². The number of halogens is 3. The zero-order valence-electron chi connectivity index (χ0n) is 15.0. The minimum atomic E-state index is -4.44. The Labute approximate surface area is 155 Å². The lowest BCUT2D eigenvalue weighted by atomic mass is 10.2. The summed E-state index contributed by atoms with van der Waals surface area (Å²) in [4.78, 5) is 12.2. The van der Waals surface area contributed by atoms with Crippen LogP contribution in [-0.4, -0.2) is 25.7 Å². The largest absolute Gasteiger partial charge is 0.494 e. The zero-order valence-corrected chi connectivity index (χ0v) is 15.0. The maximum Gasteiger partial charge on any atom is 0.416 e. The van der Waals surface area contributed by atoms with Gasteiger partial charge in [-0.05, 0) is 44.2 Å². The molecular formula is C19H21F3N2O3. The van der Waals surface area contributed by atoms with Crippen molar-refractivity contribution in [2.24, 2.45) is 0 Å².